The van der Waals surface area contributed by atoms with E-state index < -0.39 is 0 Å². The van der Waals surface area contributed by atoms with E-state index in [0.717, 1.165) is 0 Å². The van der Waals surface area contributed by atoms with E-state index in [0.29, 0.717) is 0 Å². The van der Waals surface area contributed by atoms with E-state index in [1.807, 2.05) is 13.8 Å². The summed E-state index contributed by atoms with van der Waals surface area (Å²) < 4.78 is 5.56. The monoisotopic (exact) mass is 185 g/mol. The van der Waals surface area contributed by atoms with Crippen molar-refractivity contribution in [3.63, 3.8) is 0 Å². The van der Waals surface area contributed by atoms with Gasteiger partial charge < -0.3 is 10.1 Å². The Kier molecular flexibility index (Phi) is 2.41. The minimum Gasteiger partial charge on any atom is -0.365 e. The summed E-state index contributed by atoms with van der Waals surface area (Å²) in [5, 5.41) is 2.95. The molecule has 0 bridgehead atoms. The van der Waals surface area contributed by atoms with Gasteiger partial charge in [-0.1, -0.05) is 20.8 Å². The lowest BCUT2D eigenvalue weighted by atomic mass is 9.77. The summed E-state index contributed by atoms with van der Waals surface area (Å²) in [6.07, 6.45) is 0.0673. The van der Waals surface area contributed by atoms with E-state index in [1.54, 1.807) is 0 Å². The van der Waals surface area contributed by atoms with Gasteiger partial charge in [-0.05, 0) is 19.3 Å². The van der Waals surface area contributed by atoms with Gasteiger partial charge in [0, 0.05) is 0 Å². The summed E-state index contributed by atoms with van der Waals surface area (Å²) in [4.78, 5) is 11.1. The summed E-state index contributed by atoms with van der Waals surface area (Å²) in [6, 6.07) is 0. The van der Waals surface area contributed by atoms with Crippen LogP contribution in [0.2, 0.25) is 0 Å². The fourth-order valence-corrected chi connectivity index (χ4v) is 2.16. The van der Waals surface area contributed by atoms with Crippen LogP contribution < -0.4 is 5.32 Å². The third-order valence-corrected chi connectivity index (χ3v) is 2.28. The Morgan fingerprint density at radius 3 is 2.38 bits per heavy atom. The molecule has 3 nitrogen and oxygen atoms in total. The minimum absolute atomic E-state index is 0.0227. The topological polar surface area (TPSA) is 38.3 Å². The van der Waals surface area contributed by atoms with Crippen LogP contribution in [0, 0.1) is 5.41 Å². The number of carbonyl (C=O) groups is 1. The van der Waals surface area contributed by atoms with Crippen LogP contribution in [0.5, 0.6) is 0 Å². The molecule has 1 aliphatic heterocycles. The van der Waals surface area contributed by atoms with Crippen molar-refractivity contribution >= 4 is 5.91 Å². The van der Waals surface area contributed by atoms with Crippen molar-refractivity contribution in [1.82, 2.24) is 5.32 Å². The third kappa shape index (κ3) is 2.21. The van der Waals surface area contributed by atoms with Crippen molar-refractivity contribution in [2.24, 2.45) is 5.41 Å². The van der Waals surface area contributed by atoms with Crippen molar-refractivity contribution in [1.29, 1.82) is 0 Å². The predicted molar refractivity (Wildman–Crippen MR) is 51.4 cm³/mol. The SMILES string of the molecule is CC(C)(C)[C@@H]1OCC(=O)NC1(C)C. The highest BCUT2D eigenvalue weighted by molar-refractivity contribution is 5.78. The second kappa shape index (κ2) is 2.98. The molecule has 0 aliphatic carbocycles. The molecule has 1 N–H and O–H groups in total. The minimum atomic E-state index is -0.270. The molecule has 1 atom stereocenters. The molecular formula is C10H19NO2. The van der Waals surface area contributed by atoms with Crippen molar-refractivity contribution < 1.29 is 9.53 Å². The highest BCUT2D eigenvalue weighted by atomic mass is 16.5. The highest BCUT2D eigenvalue weighted by Crippen LogP contribution is 2.32. The summed E-state index contributed by atoms with van der Waals surface area (Å²) in [7, 11) is 0. The van der Waals surface area contributed by atoms with Gasteiger partial charge in [0.25, 0.3) is 0 Å². The van der Waals surface area contributed by atoms with Crippen LogP contribution in [0.15, 0.2) is 0 Å². The fraction of sp³-hybridized carbons (Fsp3) is 0.900. The molecule has 1 fully saturated rings. The van der Waals surface area contributed by atoms with Gasteiger partial charge in [-0.15, -0.1) is 0 Å². The summed E-state index contributed by atoms with van der Waals surface area (Å²) in [6.45, 7) is 10.6. The van der Waals surface area contributed by atoms with Crippen LogP contribution in [0.1, 0.15) is 34.6 Å². The number of amides is 1. The van der Waals surface area contributed by atoms with Gasteiger partial charge in [0.2, 0.25) is 5.91 Å². The first-order valence-corrected chi connectivity index (χ1v) is 4.66. The molecule has 1 heterocycles. The number of hydrogen-bond acceptors (Lipinski definition) is 2. The normalized spacial score (nSPS) is 28.4. The number of ether oxygens (including phenoxy) is 1. The van der Waals surface area contributed by atoms with Gasteiger partial charge >= 0.3 is 0 Å². The number of hydrogen-bond donors (Lipinski definition) is 1. The summed E-state index contributed by atoms with van der Waals surface area (Å²) in [5.74, 6) is -0.0227. The number of rotatable bonds is 0. The van der Waals surface area contributed by atoms with Crippen molar-refractivity contribution in [3.05, 3.63) is 0 Å². The Hall–Kier alpha value is -0.570. The molecule has 1 rings (SSSR count). The Labute approximate surface area is 79.8 Å². The van der Waals surface area contributed by atoms with Crippen LogP contribution in [0.25, 0.3) is 0 Å². The second-order valence-electron chi connectivity index (χ2n) is 5.33. The average Bonchev–Trinajstić information content (AvgIpc) is 1.79. The Morgan fingerprint density at radius 2 is 2.00 bits per heavy atom. The quantitative estimate of drug-likeness (QED) is 0.618. The van der Waals surface area contributed by atoms with Crippen molar-refractivity contribution in [3.8, 4) is 0 Å². The van der Waals surface area contributed by atoms with Gasteiger partial charge in [0.1, 0.15) is 6.61 Å². The molecule has 0 saturated carbocycles. The molecule has 76 valence electrons. The molecule has 0 aromatic heterocycles. The zero-order valence-corrected chi connectivity index (χ0v) is 9.10. The van der Waals surface area contributed by atoms with Gasteiger partial charge in [-0.3, -0.25) is 4.79 Å². The van der Waals surface area contributed by atoms with Crippen LogP contribution in [-0.2, 0) is 9.53 Å². The van der Waals surface area contributed by atoms with Gasteiger partial charge in [-0.25, -0.2) is 0 Å². The summed E-state index contributed by atoms with van der Waals surface area (Å²) >= 11 is 0. The lowest BCUT2D eigenvalue weighted by Gasteiger charge is -2.45. The maximum absolute atomic E-state index is 11.1. The Morgan fingerprint density at radius 1 is 1.46 bits per heavy atom. The van der Waals surface area contributed by atoms with E-state index in [2.05, 4.69) is 26.1 Å². The smallest absolute Gasteiger partial charge is 0.246 e. The largest absolute Gasteiger partial charge is 0.365 e. The Bertz CT molecular complexity index is 215. The number of morpholine rings is 1. The van der Waals surface area contributed by atoms with Crippen LogP contribution in [-0.4, -0.2) is 24.2 Å². The van der Waals surface area contributed by atoms with Crippen molar-refractivity contribution in [2.45, 2.75) is 46.3 Å². The first kappa shape index (κ1) is 10.5. The zero-order valence-electron chi connectivity index (χ0n) is 9.10. The molecule has 13 heavy (non-hydrogen) atoms. The molecule has 0 aromatic rings. The third-order valence-electron chi connectivity index (χ3n) is 2.28. The van der Waals surface area contributed by atoms with Gasteiger partial charge in [0.05, 0.1) is 11.6 Å². The molecule has 3 heteroatoms. The van der Waals surface area contributed by atoms with E-state index >= 15 is 0 Å². The van der Waals surface area contributed by atoms with Gasteiger partial charge in [-0.2, -0.15) is 0 Å². The van der Waals surface area contributed by atoms with E-state index in [4.69, 9.17) is 4.74 Å². The van der Waals surface area contributed by atoms with E-state index in [1.165, 1.54) is 0 Å². The number of nitrogens with one attached hydrogen (secondary N) is 1. The van der Waals surface area contributed by atoms with Crippen LogP contribution in [0.3, 0.4) is 0 Å². The second-order valence-corrected chi connectivity index (χ2v) is 5.33. The first-order chi connectivity index (χ1) is 5.73. The molecular weight excluding hydrogens is 166 g/mol. The molecule has 1 saturated heterocycles. The molecule has 0 unspecified atom stereocenters. The molecule has 0 spiro atoms. The maximum atomic E-state index is 11.1. The number of carbonyl (C=O) groups excluding carboxylic acids is 1. The fourth-order valence-electron chi connectivity index (χ4n) is 2.16. The van der Waals surface area contributed by atoms with E-state index in [-0.39, 0.29) is 29.6 Å². The highest BCUT2D eigenvalue weighted by Gasteiger charge is 2.43. The average molecular weight is 185 g/mol. The molecule has 1 aliphatic rings. The first-order valence-electron chi connectivity index (χ1n) is 4.66. The zero-order chi connectivity index (χ0) is 10.3. The van der Waals surface area contributed by atoms with Crippen LogP contribution in [0.4, 0.5) is 0 Å². The van der Waals surface area contributed by atoms with E-state index in [9.17, 15) is 4.79 Å². The van der Waals surface area contributed by atoms with Crippen molar-refractivity contribution in [2.75, 3.05) is 6.61 Å². The molecule has 1 amide bonds. The van der Waals surface area contributed by atoms with Gasteiger partial charge in [0.15, 0.2) is 0 Å². The summed E-state index contributed by atoms with van der Waals surface area (Å²) in [5.41, 5.74) is -0.217. The molecule has 0 aromatic carbocycles. The lowest BCUT2D eigenvalue weighted by Crippen LogP contribution is -2.62. The maximum Gasteiger partial charge on any atom is 0.246 e. The lowest BCUT2D eigenvalue weighted by molar-refractivity contribution is -0.151. The predicted octanol–water partition coefficient (Wildman–Crippen LogP) is 1.33. The Balaban J connectivity index is 2.82. The standard InChI is InChI=1S/C10H19NO2/c1-9(2,3)8-10(4,5)11-7(12)6-13-8/h8H,6H2,1-5H3,(H,11,12)/t8-/m0/s1. The van der Waals surface area contributed by atoms with Crippen LogP contribution >= 0.6 is 0 Å². The molecule has 0 radical (unpaired) electrons.